The van der Waals surface area contributed by atoms with Crippen LogP contribution < -0.4 is 14.8 Å². The summed E-state index contributed by atoms with van der Waals surface area (Å²) in [5.74, 6) is -0.583. The highest BCUT2D eigenvalue weighted by Gasteiger charge is 2.39. The molecule has 0 bridgehead atoms. The van der Waals surface area contributed by atoms with E-state index in [1.54, 1.807) is 31.2 Å². The third kappa shape index (κ3) is 4.96. The molecule has 0 radical (unpaired) electrons. The first-order valence-electron chi connectivity index (χ1n) is 11.4. The second-order valence-corrected chi connectivity index (χ2v) is 8.65. The van der Waals surface area contributed by atoms with Gasteiger partial charge in [0, 0.05) is 29.3 Å². The summed E-state index contributed by atoms with van der Waals surface area (Å²) >= 11 is 0. The van der Waals surface area contributed by atoms with Crippen LogP contribution >= 0.6 is 0 Å². The number of Topliss-reactive ketones (excluding diaryl/α,β-unsaturated/α-hetero) is 1. The van der Waals surface area contributed by atoms with Gasteiger partial charge in [0.2, 0.25) is 0 Å². The summed E-state index contributed by atoms with van der Waals surface area (Å²) in [5, 5.41) is 3.21. The number of carbonyl (C=O) groups is 2. The van der Waals surface area contributed by atoms with Crippen LogP contribution in [0.4, 0.5) is 13.2 Å². The maximum Gasteiger partial charge on any atom is 0.416 e. The number of hydrogen-bond acceptors (Lipinski definition) is 6. The predicted octanol–water partition coefficient (Wildman–Crippen LogP) is 5.43. The van der Waals surface area contributed by atoms with Gasteiger partial charge >= 0.3 is 12.1 Å². The minimum atomic E-state index is -4.45. The zero-order valence-corrected chi connectivity index (χ0v) is 20.1. The molecule has 1 unspecified atom stereocenters. The highest BCUT2D eigenvalue weighted by atomic mass is 19.4. The summed E-state index contributed by atoms with van der Waals surface area (Å²) in [7, 11) is 2.73. The third-order valence-corrected chi connectivity index (χ3v) is 6.35. The SMILES string of the molecule is COC(=O)C1=C(C)NC2=C(C(=O)CCC2)C1c1ccc(OCc2cccc(C(F)(F)F)c2)c(OC)c1. The average Bonchev–Trinajstić information content (AvgIpc) is 2.86. The summed E-state index contributed by atoms with van der Waals surface area (Å²) in [6.45, 7) is 1.67. The van der Waals surface area contributed by atoms with Gasteiger partial charge in [-0.3, -0.25) is 4.79 Å². The molecule has 9 heteroatoms. The second-order valence-electron chi connectivity index (χ2n) is 8.65. The standard InChI is InChI=1S/C27H26F3NO5/c1-15-23(26(33)35-3)24(25-19(31-15)8-5-9-20(25)32)17-10-11-21(22(13-17)34-2)36-14-16-6-4-7-18(12-16)27(28,29)30/h4,6-7,10-13,24,31H,5,8-9,14H2,1-3H3. The predicted molar refractivity (Wildman–Crippen MR) is 125 cm³/mol. The van der Waals surface area contributed by atoms with E-state index in [9.17, 15) is 22.8 Å². The first kappa shape index (κ1) is 25.3. The fraction of sp³-hybridized carbons (Fsp3) is 0.333. The van der Waals surface area contributed by atoms with Crippen molar-refractivity contribution in [1.82, 2.24) is 5.32 Å². The smallest absolute Gasteiger partial charge is 0.416 e. The molecule has 4 rings (SSSR count). The van der Waals surface area contributed by atoms with Gasteiger partial charge in [-0.25, -0.2) is 4.79 Å². The Bertz CT molecular complexity index is 1260. The van der Waals surface area contributed by atoms with E-state index in [-0.39, 0.29) is 12.4 Å². The molecule has 1 atom stereocenters. The Morgan fingerprint density at radius 1 is 1.08 bits per heavy atom. The fourth-order valence-corrected chi connectivity index (χ4v) is 4.68. The van der Waals surface area contributed by atoms with E-state index >= 15 is 0 Å². The molecule has 0 fully saturated rings. The normalized spacial score (nSPS) is 17.9. The average molecular weight is 502 g/mol. The molecule has 2 aromatic carbocycles. The number of allylic oxidation sites excluding steroid dienone is 3. The maximum absolute atomic E-state index is 13.0. The molecule has 2 aromatic rings. The Hall–Kier alpha value is -3.75. The molecule has 1 aliphatic heterocycles. The molecule has 190 valence electrons. The highest BCUT2D eigenvalue weighted by Crippen LogP contribution is 2.44. The van der Waals surface area contributed by atoms with Crippen LogP contribution in [-0.4, -0.2) is 26.0 Å². The van der Waals surface area contributed by atoms with Crippen LogP contribution in [0.5, 0.6) is 11.5 Å². The van der Waals surface area contributed by atoms with Gasteiger partial charge in [0.1, 0.15) is 6.61 Å². The van der Waals surface area contributed by atoms with Crippen molar-refractivity contribution in [2.75, 3.05) is 14.2 Å². The van der Waals surface area contributed by atoms with E-state index in [4.69, 9.17) is 14.2 Å². The molecule has 1 heterocycles. The van der Waals surface area contributed by atoms with Crippen LogP contribution in [0.25, 0.3) is 0 Å². The van der Waals surface area contributed by atoms with Gasteiger partial charge < -0.3 is 19.5 Å². The first-order valence-corrected chi connectivity index (χ1v) is 11.4. The lowest BCUT2D eigenvalue weighted by molar-refractivity contribution is -0.138. The molecule has 6 nitrogen and oxygen atoms in total. The molecule has 0 amide bonds. The number of ketones is 1. The number of halogens is 3. The van der Waals surface area contributed by atoms with E-state index in [0.29, 0.717) is 52.3 Å². The monoisotopic (exact) mass is 501 g/mol. The fourth-order valence-electron chi connectivity index (χ4n) is 4.68. The highest BCUT2D eigenvalue weighted by molar-refractivity contribution is 6.03. The van der Waals surface area contributed by atoms with E-state index in [0.717, 1.165) is 24.3 Å². The Kier molecular flexibility index (Phi) is 7.10. The number of rotatable bonds is 6. The Balaban J connectivity index is 1.68. The van der Waals surface area contributed by atoms with Crippen LogP contribution in [0, 0.1) is 0 Å². The number of benzene rings is 2. The quantitative estimate of drug-likeness (QED) is 0.532. The lowest BCUT2D eigenvalue weighted by Gasteiger charge is -2.34. The summed E-state index contributed by atoms with van der Waals surface area (Å²) in [6, 6.07) is 9.94. The first-order chi connectivity index (χ1) is 17.1. The summed E-state index contributed by atoms with van der Waals surface area (Å²) in [4.78, 5) is 25.7. The van der Waals surface area contributed by atoms with Crippen molar-refractivity contribution in [2.24, 2.45) is 0 Å². The van der Waals surface area contributed by atoms with Crippen molar-refractivity contribution in [2.45, 2.75) is 44.9 Å². The summed E-state index contributed by atoms with van der Waals surface area (Å²) in [5.41, 5.74) is 2.52. The van der Waals surface area contributed by atoms with Gasteiger partial charge in [-0.05, 0) is 55.2 Å². The number of alkyl halides is 3. The van der Waals surface area contributed by atoms with E-state index in [2.05, 4.69) is 5.32 Å². The second kappa shape index (κ2) is 10.1. The largest absolute Gasteiger partial charge is 0.493 e. The minimum Gasteiger partial charge on any atom is -0.493 e. The molecular formula is C27H26F3NO5. The molecule has 1 aliphatic carbocycles. The maximum atomic E-state index is 13.0. The topological polar surface area (TPSA) is 73.9 Å². The van der Waals surface area contributed by atoms with Gasteiger partial charge in [0.25, 0.3) is 0 Å². The van der Waals surface area contributed by atoms with Crippen molar-refractivity contribution >= 4 is 11.8 Å². The molecule has 0 saturated heterocycles. The van der Waals surface area contributed by atoms with E-state index in [1.165, 1.54) is 20.3 Å². The van der Waals surface area contributed by atoms with Crippen LogP contribution in [-0.2, 0) is 27.1 Å². The number of nitrogens with one attached hydrogen (secondary N) is 1. The Morgan fingerprint density at radius 2 is 1.86 bits per heavy atom. The minimum absolute atomic E-state index is 0.0357. The van der Waals surface area contributed by atoms with Gasteiger partial charge in [-0.15, -0.1) is 0 Å². The molecule has 0 aromatic heterocycles. The lowest BCUT2D eigenvalue weighted by atomic mass is 9.75. The van der Waals surface area contributed by atoms with Crippen molar-refractivity contribution in [3.05, 3.63) is 81.7 Å². The summed E-state index contributed by atoms with van der Waals surface area (Å²) in [6.07, 6.45) is -2.64. The van der Waals surface area contributed by atoms with Crippen molar-refractivity contribution in [3.8, 4) is 11.5 Å². The van der Waals surface area contributed by atoms with Crippen molar-refractivity contribution < 1.29 is 37.0 Å². The zero-order valence-electron chi connectivity index (χ0n) is 20.1. The van der Waals surface area contributed by atoms with Crippen LogP contribution in [0.2, 0.25) is 0 Å². The molecule has 0 saturated carbocycles. The molecule has 36 heavy (non-hydrogen) atoms. The number of hydrogen-bond donors (Lipinski definition) is 1. The van der Waals surface area contributed by atoms with Crippen LogP contribution in [0.3, 0.4) is 0 Å². The van der Waals surface area contributed by atoms with Crippen LogP contribution in [0.15, 0.2) is 65.0 Å². The molecule has 2 aliphatic rings. The van der Waals surface area contributed by atoms with Crippen LogP contribution in [0.1, 0.15) is 48.8 Å². The summed E-state index contributed by atoms with van der Waals surface area (Å²) < 4.78 is 55.4. The zero-order chi connectivity index (χ0) is 26.0. The number of esters is 1. The van der Waals surface area contributed by atoms with Gasteiger partial charge in [0.05, 0.1) is 25.4 Å². The third-order valence-electron chi connectivity index (χ3n) is 6.35. The Labute approximate surface area is 206 Å². The van der Waals surface area contributed by atoms with E-state index < -0.39 is 23.6 Å². The molecular weight excluding hydrogens is 475 g/mol. The van der Waals surface area contributed by atoms with E-state index in [1.807, 2.05) is 0 Å². The van der Waals surface area contributed by atoms with Crippen molar-refractivity contribution in [3.63, 3.8) is 0 Å². The molecule has 0 spiro atoms. The van der Waals surface area contributed by atoms with Gasteiger partial charge in [0.15, 0.2) is 17.3 Å². The Morgan fingerprint density at radius 3 is 2.56 bits per heavy atom. The molecule has 1 N–H and O–H groups in total. The number of dihydropyridines is 1. The number of carbonyl (C=O) groups excluding carboxylic acids is 2. The van der Waals surface area contributed by atoms with Gasteiger partial charge in [-0.1, -0.05) is 18.2 Å². The van der Waals surface area contributed by atoms with Gasteiger partial charge in [-0.2, -0.15) is 13.2 Å². The number of methoxy groups -OCH3 is 2. The number of ether oxygens (including phenoxy) is 3. The van der Waals surface area contributed by atoms with Crippen molar-refractivity contribution in [1.29, 1.82) is 0 Å². The lowest BCUT2D eigenvalue weighted by Crippen LogP contribution is -2.34.